The first-order chi connectivity index (χ1) is 6.80. The smallest absolute Gasteiger partial charge is 0.126 e. The molecular weight excluding hydrogens is 179 g/mol. The van der Waals surface area contributed by atoms with Gasteiger partial charge in [-0.25, -0.2) is 4.39 Å². The Morgan fingerprint density at radius 2 is 1.14 bits per heavy atom. The van der Waals surface area contributed by atoms with E-state index in [0.29, 0.717) is 12.8 Å². The SMILES string of the molecule is O[C@H]1CCCCCCCCCC[C@H]1F. The normalized spacial score (nSPS) is 33.0. The lowest BCUT2D eigenvalue weighted by Gasteiger charge is -2.16. The summed E-state index contributed by atoms with van der Waals surface area (Å²) < 4.78 is 13.3. The molecule has 1 rings (SSSR count). The minimum absolute atomic E-state index is 0.557. The van der Waals surface area contributed by atoms with Crippen LogP contribution in [0.25, 0.3) is 0 Å². The molecule has 1 saturated carbocycles. The molecule has 1 fully saturated rings. The van der Waals surface area contributed by atoms with E-state index in [4.69, 9.17) is 0 Å². The highest BCUT2D eigenvalue weighted by Gasteiger charge is 2.17. The van der Waals surface area contributed by atoms with Crippen molar-refractivity contribution < 1.29 is 9.50 Å². The van der Waals surface area contributed by atoms with Crippen molar-refractivity contribution in [1.29, 1.82) is 0 Å². The van der Waals surface area contributed by atoms with Gasteiger partial charge in [0.2, 0.25) is 0 Å². The second kappa shape index (κ2) is 7.22. The van der Waals surface area contributed by atoms with Crippen LogP contribution in [-0.2, 0) is 0 Å². The molecule has 1 nitrogen and oxygen atoms in total. The summed E-state index contributed by atoms with van der Waals surface area (Å²) in [5.41, 5.74) is 0. The summed E-state index contributed by atoms with van der Waals surface area (Å²) in [6, 6.07) is 0. The molecule has 2 heteroatoms. The van der Waals surface area contributed by atoms with Crippen molar-refractivity contribution >= 4 is 0 Å². The van der Waals surface area contributed by atoms with Crippen LogP contribution < -0.4 is 0 Å². The number of hydrogen-bond donors (Lipinski definition) is 1. The maximum atomic E-state index is 13.3. The lowest BCUT2D eigenvalue weighted by Crippen LogP contribution is -2.21. The molecule has 0 saturated heterocycles. The summed E-state index contributed by atoms with van der Waals surface area (Å²) in [7, 11) is 0. The average molecular weight is 202 g/mol. The Morgan fingerprint density at radius 1 is 0.714 bits per heavy atom. The molecule has 0 amide bonds. The fourth-order valence-corrected chi connectivity index (χ4v) is 2.13. The summed E-state index contributed by atoms with van der Waals surface area (Å²) in [6.45, 7) is 0. The van der Waals surface area contributed by atoms with E-state index in [1.807, 2.05) is 0 Å². The van der Waals surface area contributed by atoms with Gasteiger partial charge in [0.1, 0.15) is 6.17 Å². The lowest BCUT2D eigenvalue weighted by atomic mass is 9.98. The molecule has 0 bridgehead atoms. The number of alkyl halides is 1. The quantitative estimate of drug-likeness (QED) is 0.636. The van der Waals surface area contributed by atoms with Crippen LogP contribution in [0.1, 0.15) is 64.2 Å². The maximum Gasteiger partial charge on any atom is 0.126 e. The number of rotatable bonds is 0. The molecule has 0 radical (unpaired) electrons. The molecule has 2 atom stereocenters. The third-order valence-electron chi connectivity index (χ3n) is 3.15. The predicted octanol–water partition coefficient (Wildman–Crippen LogP) is 3.60. The standard InChI is InChI=1S/C12H23FO/c13-11-9-7-5-3-1-2-4-6-8-10-12(11)14/h11-12,14H,1-10H2/t11-,12+/m1/s1. The van der Waals surface area contributed by atoms with Gasteiger partial charge in [0, 0.05) is 0 Å². The largest absolute Gasteiger partial charge is 0.390 e. The predicted molar refractivity (Wildman–Crippen MR) is 57.1 cm³/mol. The number of aliphatic hydroxyl groups excluding tert-OH is 1. The third kappa shape index (κ3) is 4.94. The van der Waals surface area contributed by atoms with E-state index in [1.165, 1.54) is 25.7 Å². The topological polar surface area (TPSA) is 20.2 Å². The van der Waals surface area contributed by atoms with Gasteiger partial charge in [0.05, 0.1) is 6.10 Å². The first-order valence-corrected chi connectivity index (χ1v) is 6.13. The van der Waals surface area contributed by atoms with Gasteiger partial charge >= 0.3 is 0 Å². The van der Waals surface area contributed by atoms with E-state index in [-0.39, 0.29) is 0 Å². The fraction of sp³-hybridized carbons (Fsp3) is 1.00. The van der Waals surface area contributed by atoms with Crippen molar-refractivity contribution in [3.05, 3.63) is 0 Å². The minimum Gasteiger partial charge on any atom is -0.390 e. The molecule has 0 spiro atoms. The van der Waals surface area contributed by atoms with Crippen molar-refractivity contribution in [3.8, 4) is 0 Å². The number of aliphatic hydroxyl groups is 1. The van der Waals surface area contributed by atoms with Gasteiger partial charge in [-0.05, 0) is 12.8 Å². The van der Waals surface area contributed by atoms with Crippen molar-refractivity contribution in [2.45, 2.75) is 76.5 Å². The highest BCUT2D eigenvalue weighted by Crippen LogP contribution is 2.18. The highest BCUT2D eigenvalue weighted by molar-refractivity contribution is 4.68. The zero-order valence-electron chi connectivity index (χ0n) is 9.05. The van der Waals surface area contributed by atoms with Gasteiger partial charge < -0.3 is 5.11 Å². The molecule has 1 aliphatic carbocycles. The Balaban J connectivity index is 2.23. The van der Waals surface area contributed by atoms with Gasteiger partial charge in [-0.2, -0.15) is 0 Å². The molecule has 84 valence electrons. The molecule has 0 aromatic rings. The molecule has 0 aromatic carbocycles. The van der Waals surface area contributed by atoms with Gasteiger partial charge in [0.25, 0.3) is 0 Å². The zero-order chi connectivity index (χ0) is 10.2. The Bertz CT molecular complexity index is 122. The molecule has 0 aliphatic heterocycles. The summed E-state index contributed by atoms with van der Waals surface area (Å²) in [6.07, 6.45) is 8.86. The lowest BCUT2D eigenvalue weighted by molar-refractivity contribution is 0.0617. The molecular formula is C12H23FO. The van der Waals surface area contributed by atoms with Crippen LogP contribution in [0.5, 0.6) is 0 Å². The Morgan fingerprint density at radius 3 is 1.71 bits per heavy atom. The van der Waals surface area contributed by atoms with Crippen molar-refractivity contribution in [2.24, 2.45) is 0 Å². The minimum atomic E-state index is -0.977. The molecule has 0 aromatic heterocycles. The third-order valence-corrected chi connectivity index (χ3v) is 3.15. The second-order valence-electron chi connectivity index (χ2n) is 4.49. The average Bonchev–Trinajstić information content (AvgIpc) is 2.18. The highest BCUT2D eigenvalue weighted by atomic mass is 19.1. The van der Waals surface area contributed by atoms with Crippen LogP contribution in [0.4, 0.5) is 4.39 Å². The van der Waals surface area contributed by atoms with E-state index in [0.717, 1.165) is 25.7 Å². The van der Waals surface area contributed by atoms with E-state index in [1.54, 1.807) is 0 Å². The second-order valence-corrected chi connectivity index (χ2v) is 4.49. The Hall–Kier alpha value is -0.110. The van der Waals surface area contributed by atoms with Crippen LogP contribution in [-0.4, -0.2) is 17.4 Å². The first kappa shape index (κ1) is 12.0. The van der Waals surface area contributed by atoms with Gasteiger partial charge in [0.15, 0.2) is 0 Å². The molecule has 0 unspecified atom stereocenters. The molecule has 1 N–H and O–H groups in total. The van der Waals surface area contributed by atoms with Crippen molar-refractivity contribution in [1.82, 2.24) is 0 Å². The van der Waals surface area contributed by atoms with E-state index < -0.39 is 12.3 Å². The van der Waals surface area contributed by atoms with Crippen LogP contribution in [0.15, 0.2) is 0 Å². The Kier molecular flexibility index (Phi) is 6.17. The van der Waals surface area contributed by atoms with Crippen molar-refractivity contribution in [3.63, 3.8) is 0 Å². The van der Waals surface area contributed by atoms with Gasteiger partial charge in [-0.15, -0.1) is 0 Å². The molecule has 14 heavy (non-hydrogen) atoms. The maximum absolute atomic E-state index is 13.3. The summed E-state index contributed by atoms with van der Waals surface area (Å²) in [5, 5.41) is 9.49. The first-order valence-electron chi connectivity index (χ1n) is 6.13. The van der Waals surface area contributed by atoms with Crippen molar-refractivity contribution in [2.75, 3.05) is 0 Å². The van der Waals surface area contributed by atoms with Crippen LogP contribution in [0.2, 0.25) is 0 Å². The van der Waals surface area contributed by atoms with Crippen LogP contribution >= 0.6 is 0 Å². The number of halogens is 1. The zero-order valence-corrected chi connectivity index (χ0v) is 9.05. The van der Waals surface area contributed by atoms with E-state index >= 15 is 0 Å². The van der Waals surface area contributed by atoms with E-state index in [9.17, 15) is 9.50 Å². The van der Waals surface area contributed by atoms with E-state index in [2.05, 4.69) is 0 Å². The summed E-state index contributed by atoms with van der Waals surface area (Å²) in [5.74, 6) is 0. The monoisotopic (exact) mass is 202 g/mol. The van der Waals surface area contributed by atoms with Crippen LogP contribution in [0.3, 0.4) is 0 Å². The fourth-order valence-electron chi connectivity index (χ4n) is 2.13. The summed E-state index contributed by atoms with van der Waals surface area (Å²) >= 11 is 0. The van der Waals surface area contributed by atoms with Crippen LogP contribution in [0, 0.1) is 0 Å². The summed E-state index contributed by atoms with van der Waals surface area (Å²) in [4.78, 5) is 0. The molecule has 1 aliphatic rings. The number of hydrogen-bond acceptors (Lipinski definition) is 1. The molecule has 0 heterocycles. The van der Waals surface area contributed by atoms with Gasteiger partial charge in [-0.3, -0.25) is 0 Å². The Labute approximate surface area is 86.7 Å². The van der Waals surface area contributed by atoms with Gasteiger partial charge in [-0.1, -0.05) is 51.4 Å².